The molecule has 0 nitrogen and oxygen atoms in total. The van der Waals surface area contributed by atoms with Crippen molar-refractivity contribution in [3.8, 4) is 0 Å². The Morgan fingerprint density at radius 1 is 1.07 bits per heavy atom. The van der Waals surface area contributed by atoms with Gasteiger partial charge in [-0.3, -0.25) is 0 Å². The lowest BCUT2D eigenvalue weighted by atomic mass is 10.1. The fraction of sp³-hybridized carbons (Fsp3) is 0.600. The number of rotatable bonds is 5. The van der Waals surface area contributed by atoms with Gasteiger partial charge in [0.15, 0.2) is 0 Å². The molecule has 0 rings (SSSR count). The van der Waals surface area contributed by atoms with Crippen molar-refractivity contribution in [3.63, 3.8) is 0 Å². The molecule has 0 fully saturated rings. The van der Waals surface area contributed by atoms with Gasteiger partial charge < -0.3 is 0 Å². The highest BCUT2D eigenvalue weighted by Gasteiger charge is 2.34. The molecule has 0 aliphatic carbocycles. The Morgan fingerprint density at radius 3 is 2.07 bits per heavy atom. The molecule has 0 heterocycles. The Balaban J connectivity index is 3.85. The third-order valence-corrected chi connectivity index (χ3v) is 2.44. The Morgan fingerprint density at radius 2 is 1.64 bits per heavy atom. The van der Waals surface area contributed by atoms with Crippen LogP contribution in [0.3, 0.4) is 0 Å². The second kappa shape index (κ2) is 6.06. The summed E-state index contributed by atoms with van der Waals surface area (Å²) in [5.41, 5.74) is 2.05. The van der Waals surface area contributed by atoms with E-state index in [9.17, 15) is 12.3 Å². The first-order valence-electron chi connectivity index (χ1n) is 4.67. The van der Waals surface area contributed by atoms with Crippen LogP contribution < -0.4 is 0 Å². The molecule has 0 atom stereocenters. The highest BCUT2D eigenvalue weighted by molar-refractivity contribution is 6.58. The minimum Gasteiger partial charge on any atom is -0.237 e. The first-order valence-corrected chi connectivity index (χ1v) is 6.51. The molecule has 14 heavy (non-hydrogen) atoms. The van der Waals surface area contributed by atoms with Gasteiger partial charge in [0.2, 0.25) is 0 Å². The number of allylic oxidation sites excluding steroid dienone is 4. The predicted octanol–water partition coefficient (Wildman–Crippen LogP) is 4.53. The van der Waals surface area contributed by atoms with Gasteiger partial charge >= 0.3 is 9.08 Å². The molecule has 0 saturated heterocycles. The van der Waals surface area contributed by atoms with Gasteiger partial charge in [-0.2, -0.15) is 0 Å². The van der Waals surface area contributed by atoms with Crippen LogP contribution in [0.1, 0.15) is 33.6 Å². The van der Waals surface area contributed by atoms with E-state index < -0.39 is 15.1 Å². The van der Waals surface area contributed by atoms with Gasteiger partial charge in [0, 0.05) is 6.04 Å². The van der Waals surface area contributed by atoms with Crippen molar-refractivity contribution in [3.05, 3.63) is 23.3 Å². The Labute approximate surface area is 85.0 Å². The smallest absolute Gasteiger partial charge is 0.237 e. The molecule has 0 aliphatic rings. The normalized spacial score (nSPS) is 12.9. The molecule has 0 amide bonds. The van der Waals surface area contributed by atoms with E-state index in [0.29, 0.717) is 0 Å². The van der Waals surface area contributed by atoms with Crippen LogP contribution in [-0.4, -0.2) is 9.08 Å². The lowest BCUT2D eigenvalue weighted by molar-refractivity contribution is 0.477. The summed E-state index contributed by atoms with van der Waals surface area (Å²) in [6.07, 6.45) is 4.94. The highest BCUT2D eigenvalue weighted by atomic mass is 28.5. The minimum absolute atomic E-state index is 0.673. The molecular formula is C10H17F3Si. The number of hydrogen-bond acceptors (Lipinski definition) is 0. The third kappa shape index (κ3) is 9.57. The van der Waals surface area contributed by atoms with E-state index in [0.717, 1.165) is 18.4 Å². The molecule has 0 saturated carbocycles. The summed E-state index contributed by atoms with van der Waals surface area (Å²) >= 11 is 0. The largest absolute Gasteiger partial charge is 0.620 e. The first-order chi connectivity index (χ1) is 6.31. The molecule has 82 valence electrons. The minimum atomic E-state index is -5.37. The van der Waals surface area contributed by atoms with Crippen molar-refractivity contribution in [2.75, 3.05) is 0 Å². The molecule has 0 aliphatic heterocycles. The zero-order chi connectivity index (χ0) is 11.2. The molecule has 0 radical (unpaired) electrons. The number of halogens is 3. The van der Waals surface area contributed by atoms with E-state index in [2.05, 4.69) is 0 Å². The van der Waals surface area contributed by atoms with E-state index >= 15 is 0 Å². The van der Waals surface area contributed by atoms with Crippen LogP contribution in [0.5, 0.6) is 0 Å². The van der Waals surface area contributed by atoms with Gasteiger partial charge in [-0.15, -0.1) is 0 Å². The second-order valence-electron chi connectivity index (χ2n) is 3.69. The van der Waals surface area contributed by atoms with Crippen LogP contribution in [0, 0.1) is 0 Å². The average Bonchev–Trinajstić information content (AvgIpc) is 1.99. The summed E-state index contributed by atoms with van der Waals surface area (Å²) < 4.78 is 35.8. The van der Waals surface area contributed by atoms with Crippen molar-refractivity contribution >= 4 is 9.08 Å². The Bertz CT molecular complexity index is 222. The summed E-state index contributed by atoms with van der Waals surface area (Å²) in [5, 5.41) is 0. The van der Waals surface area contributed by atoms with Gasteiger partial charge in [-0.25, -0.2) is 12.3 Å². The average molecular weight is 222 g/mol. The van der Waals surface area contributed by atoms with Gasteiger partial charge in [0.25, 0.3) is 0 Å². The molecule has 0 aromatic rings. The molecule has 0 aromatic heterocycles. The van der Waals surface area contributed by atoms with Gasteiger partial charge in [-0.05, 0) is 33.6 Å². The van der Waals surface area contributed by atoms with Crippen molar-refractivity contribution in [2.45, 2.75) is 39.7 Å². The third-order valence-electron chi connectivity index (χ3n) is 1.77. The zero-order valence-corrected chi connectivity index (χ0v) is 9.91. The van der Waals surface area contributed by atoms with E-state index in [1.807, 2.05) is 19.9 Å². The molecule has 4 heteroatoms. The summed E-state index contributed by atoms with van der Waals surface area (Å²) in [4.78, 5) is 0. The lowest BCUT2D eigenvalue weighted by Gasteiger charge is -2.00. The van der Waals surface area contributed by atoms with Crippen molar-refractivity contribution in [1.29, 1.82) is 0 Å². The van der Waals surface area contributed by atoms with Crippen molar-refractivity contribution < 1.29 is 12.3 Å². The van der Waals surface area contributed by atoms with E-state index in [-0.39, 0.29) is 0 Å². The quantitative estimate of drug-likeness (QED) is 0.364. The molecule has 0 aromatic carbocycles. The molecule has 0 N–H and O–H groups in total. The van der Waals surface area contributed by atoms with Gasteiger partial charge in [0.05, 0.1) is 0 Å². The predicted molar refractivity (Wildman–Crippen MR) is 56.3 cm³/mol. The summed E-state index contributed by atoms with van der Waals surface area (Å²) in [5.74, 6) is 0. The maximum Gasteiger partial charge on any atom is 0.620 e. The fourth-order valence-corrected chi connectivity index (χ4v) is 1.56. The Kier molecular flexibility index (Phi) is 5.84. The van der Waals surface area contributed by atoms with Crippen LogP contribution in [0.4, 0.5) is 12.3 Å². The van der Waals surface area contributed by atoms with Gasteiger partial charge in [0.1, 0.15) is 0 Å². The van der Waals surface area contributed by atoms with Crippen molar-refractivity contribution in [2.24, 2.45) is 0 Å². The summed E-state index contributed by atoms with van der Waals surface area (Å²) in [6, 6.07) is -0.673. The molecule has 0 bridgehead atoms. The maximum absolute atomic E-state index is 11.9. The van der Waals surface area contributed by atoms with Crippen LogP contribution >= 0.6 is 0 Å². The number of hydrogen-bond donors (Lipinski definition) is 0. The zero-order valence-electron chi connectivity index (χ0n) is 8.91. The molecule has 0 spiro atoms. The standard InChI is InChI=1S/C10H17F3Si/c1-9(2)5-4-6-10(3)7-8-14(11,12)13/h5,7H,4,6,8H2,1-3H3/b10-7+. The fourth-order valence-electron chi connectivity index (χ4n) is 0.981. The van der Waals surface area contributed by atoms with Crippen LogP contribution in [0.25, 0.3) is 0 Å². The monoisotopic (exact) mass is 222 g/mol. The Hall–Kier alpha value is -0.513. The second-order valence-corrected chi connectivity index (χ2v) is 5.33. The first kappa shape index (κ1) is 13.5. The molecule has 0 unspecified atom stereocenters. The van der Waals surface area contributed by atoms with Gasteiger partial charge in [-0.1, -0.05) is 23.3 Å². The topological polar surface area (TPSA) is 0 Å². The lowest BCUT2D eigenvalue weighted by Crippen LogP contribution is -2.12. The maximum atomic E-state index is 11.9. The van der Waals surface area contributed by atoms with Crippen LogP contribution in [0.15, 0.2) is 23.3 Å². The van der Waals surface area contributed by atoms with E-state index in [1.54, 1.807) is 6.92 Å². The molecular weight excluding hydrogens is 205 g/mol. The van der Waals surface area contributed by atoms with Crippen LogP contribution in [-0.2, 0) is 0 Å². The van der Waals surface area contributed by atoms with Crippen LogP contribution in [0.2, 0.25) is 6.04 Å². The van der Waals surface area contributed by atoms with E-state index in [4.69, 9.17) is 0 Å². The highest BCUT2D eigenvalue weighted by Crippen LogP contribution is 2.17. The van der Waals surface area contributed by atoms with Crippen molar-refractivity contribution in [1.82, 2.24) is 0 Å². The summed E-state index contributed by atoms with van der Waals surface area (Å²) in [7, 11) is -5.37. The summed E-state index contributed by atoms with van der Waals surface area (Å²) in [6.45, 7) is 5.74. The SMILES string of the molecule is CC(C)=CCC/C(C)=C/C[Si](F)(F)F. The van der Waals surface area contributed by atoms with E-state index in [1.165, 1.54) is 11.6 Å².